The SMILES string of the molecule is Nc1ccc(OCc2ccco2)c(I)c1. The molecule has 0 saturated carbocycles. The number of anilines is 1. The van der Waals surface area contributed by atoms with Gasteiger partial charge in [0.1, 0.15) is 18.1 Å². The molecular formula is C11H10INO2. The molecule has 0 bridgehead atoms. The van der Waals surface area contributed by atoms with Gasteiger partial charge in [0, 0.05) is 5.69 Å². The van der Waals surface area contributed by atoms with Gasteiger partial charge in [0.15, 0.2) is 0 Å². The van der Waals surface area contributed by atoms with Crippen molar-refractivity contribution >= 4 is 28.3 Å². The molecule has 0 aliphatic heterocycles. The van der Waals surface area contributed by atoms with E-state index in [-0.39, 0.29) is 0 Å². The molecule has 3 nitrogen and oxygen atoms in total. The van der Waals surface area contributed by atoms with Gasteiger partial charge in [0.25, 0.3) is 0 Å². The van der Waals surface area contributed by atoms with Crippen molar-refractivity contribution in [2.45, 2.75) is 6.61 Å². The lowest BCUT2D eigenvalue weighted by Gasteiger charge is -2.06. The van der Waals surface area contributed by atoms with Crippen molar-refractivity contribution in [3.63, 3.8) is 0 Å². The summed E-state index contributed by atoms with van der Waals surface area (Å²) in [7, 11) is 0. The average Bonchev–Trinajstić information content (AvgIpc) is 2.69. The van der Waals surface area contributed by atoms with Crippen molar-refractivity contribution in [2.75, 3.05) is 5.73 Å². The van der Waals surface area contributed by atoms with Crippen LogP contribution in [0, 0.1) is 3.57 Å². The fourth-order valence-electron chi connectivity index (χ4n) is 1.18. The molecule has 0 aliphatic carbocycles. The molecule has 78 valence electrons. The summed E-state index contributed by atoms with van der Waals surface area (Å²) in [6.45, 7) is 0.437. The standard InChI is InChI=1S/C11H10INO2/c12-10-6-8(13)3-4-11(10)15-7-9-2-1-5-14-9/h1-6H,7,13H2. The summed E-state index contributed by atoms with van der Waals surface area (Å²) in [5.41, 5.74) is 6.38. The number of nitrogens with two attached hydrogens (primary N) is 1. The first-order valence-corrected chi connectivity index (χ1v) is 5.54. The van der Waals surface area contributed by atoms with E-state index in [0.717, 1.165) is 20.8 Å². The van der Waals surface area contributed by atoms with Crippen LogP contribution in [0.5, 0.6) is 5.75 Å². The predicted octanol–water partition coefficient (Wildman–Crippen LogP) is 3.05. The van der Waals surface area contributed by atoms with Gasteiger partial charge >= 0.3 is 0 Å². The third kappa shape index (κ3) is 2.65. The largest absolute Gasteiger partial charge is 0.485 e. The van der Waals surface area contributed by atoms with Crippen LogP contribution in [0.4, 0.5) is 5.69 Å². The van der Waals surface area contributed by atoms with Crippen LogP contribution in [0.3, 0.4) is 0 Å². The predicted molar refractivity (Wildman–Crippen MR) is 66.6 cm³/mol. The fourth-order valence-corrected chi connectivity index (χ4v) is 1.87. The maximum absolute atomic E-state index is 5.64. The Bertz CT molecular complexity index is 440. The number of rotatable bonds is 3. The van der Waals surface area contributed by atoms with E-state index in [2.05, 4.69) is 22.6 Å². The van der Waals surface area contributed by atoms with Gasteiger partial charge in [-0.05, 0) is 52.9 Å². The third-order valence-electron chi connectivity index (χ3n) is 1.91. The monoisotopic (exact) mass is 315 g/mol. The molecule has 0 spiro atoms. The first kappa shape index (κ1) is 10.4. The van der Waals surface area contributed by atoms with Crippen LogP contribution in [0.1, 0.15) is 5.76 Å². The normalized spacial score (nSPS) is 10.2. The summed E-state index contributed by atoms with van der Waals surface area (Å²) in [6, 6.07) is 9.27. The minimum atomic E-state index is 0.437. The summed E-state index contributed by atoms with van der Waals surface area (Å²) in [5.74, 6) is 1.63. The zero-order valence-corrected chi connectivity index (χ0v) is 10.1. The van der Waals surface area contributed by atoms with E-state index in [1.165, 1.54) is 0 Å². The summed E-state index contributed by atoms with van der Waals surface area (Å²) in [6.07, 6.45) is 1.63. The van der Waals surface area contributed by atoms with Gasteiger partial charge in [0.05, 0.1) is 9.83 Å². The Kier molecular flexibility index (Phi) is 3.15. The smallest absolute Gasteiger partial charge is 0.146 e. The van der Waals surface area contributed by atoms with Crippen molar-refractivity contribution in [1.29, 1.82) is 0 Å². The van der Waals surface area contributed by atoms with Gasteiger partial charge in [-0.15, -0.1) is 0 Å². The van der Waals surface area contributed by atoms with E-state index in [1.54, 1.807) is 6.26 Å². The lowest BCUT2D eigenvalue weighted by molar-refractivity contribution is 0.268. The Labute approximate surface area is 101 Å². The van der Waals surface area contributed by atoms with Crippen LogP contribution in [0.15, 0.2) is 41.0 Å². The second-order valence-electron chi connectivity index (χ2n) is 3.06. The highest BCUT2D eigenvalue weighted by Crippen LogP contribution is 2.23. The Morgan fingerprint density at radius 2 is 2.20 bits per heavy atom. The lowest BCUT2D eigenvalue weighted by atomic mass is 10.3. The van der Waals surface area contributed by atoms with Crippen LogP contribution in [-0.4, -0.2) is 0 Å². The molecule has 4 heteroatoms. The molecule has 0 unspecified atom stereocenters. The molecule has 0 saturated heterocycles. The molecule has 0 atom stereocenters. The molecule has 1 aromatic carbocycles. The molecular weight excluding hydrogens is 305 g/mol. The van der Waals surface area contributed by atoms with Gasteiger partial charge in [0.2, 0.25) is 0 Å². The number of ether oxygens (including phenoxy) is 1. The Balaban J connectivity index is 2.05. The highest BCUT2D eigenvalue weighted by Gasteiger charge is 2.02. The van der Waals surface area contributed by atoms with E-state index >= 15 is 0 Å². The summed E-state index contributed by atoms with van der Waals surface area (Å²) >= 11 is 2.19. The van der Waals surface area contributed by atoms with Crippen molar-refractivity contribution in [3.05, 3.63) is 45.9 Å². The lowest BCUT2D eigenvalue weighted by Crippen LogP contribution is -1.96. The molecule has 1 heterocycles. The summed E-state index contributed by atoms with van der Waals surface area (Å²) in [5, 5.41) is 0. The van der Waals surface area contributed by atoms with Gasteiger partial charge in [-0.3, -0.25) is 0 Å². The molecule has 2 aromatic rings. The van der Waals surface area contributed by atoms with E-state index in [9.17, 15) is 0 Å². The fraction of sp³-hybridized carbons (Fsp3) is 0.0909. The molecule has 15 heavy (non-hydrogen) atoms. The van der Waals surface area contributed by atoms with E-state index in [4.69, 9.17) is 14.9 Å². The number of hydrogen-bond donors (Lipinski definition) is 1. The molecule has 1 aromatic heterocycles. The molecule has 0 aliphatic rings. The second-order valence-corrected chi connectivity index (χ2v) is 4.22. The molecule has 0 amide bonds. The minimum absolute atomic E-state index is 0.437. The van der Waals surface area contributed by atoms with Crippen LogP contribution in [-0.2, 0) is 6.61 Å². The molecule has 2 rings (SSSR count). The Morgan fingerprint density at radius 3 is 2.87 bits per heavy atom. The van der Waals surface area contributed by atoms with Gasteiger partial charge in [-0.2, -0.15) is 0 Å². The van der Waals surface area contributed by atoms with Crippen molar-refractivity contribution in [1.82, 2.24) is 0 Å². The zero-order valence-electron chi connectivity index (χ0n) is 7.94. The number of nitrogen functional groups attached to an aromatic ring is 1. The Morgan fingerprint density at radius 1 is 1.33 bits per heavy atom. The number of furan rings is 1. The van der Waals surface area contributed by atoms with E-state index < -0.39 is 0 Å². The quantitative estimate of drug-likeness (QED) is 0.699. The first-order valence-electron chi connectivity index (χ1n) is 4.46. The average molecular weight is 315 g/mol. The van der Waals surface area contributed by atoms with Crippen LogP contribution >= 0.6 is 22.6 Å². The number of hydrogen-bond acceptors (Lipinski definition) is 3. The zero-order chi connectivity index (χ0) is 10.7. The summed E-state index contributed by atoms with van der Waals surface area (Å²) < 4.78 is 11.7. The maximum atomic E-state index is 5.64. The third-order valence-corrected chi connectivity index (χ3v) is 2.75. The number of halogens is 1. The van der Waals surface area contributed by atoms with E-state index in [1.807, 2.05) is 30.3 Å². The van der Waals surface area contributed by atoms with Crippen LogP contribution < -0.4 is 10.5 Å². The highest BCUT2D eigenvalue weighted by atomic mass is 127. The molecule has 0 fully saturated rings. The van der Waals surface area contributed by atoms with E-state index in [0.29, 0.717) is 6.61 Å². The van der Waals surface area contributed by atoms with Crippen molar-refractivity contribution < 1.29 is 9.15 Å². The minimum Gasteiger partial charge on any atom is -0.485 e. The topological polar surface area (TPSA) is 48.4 Å². The van der Waals surface area contributed by atoms with Crippen molar-refractivity contribution in [2.24, 2.45) is 0 Å². The maximum Gasteiger partial charge on any atom is 0.146 e. The Hall–Kier alpha value is -1.17. The van der Waals surface area contributed by atoms with Gasteiger partial charge in [-0.25, -0.2) is 0 Å². The molecule has 0 radical (unpaired) electrons. The van der Waals surface area contributed by atoms with Crippen LogP contribution in [0.2, 0.25) is 0 Å². The molecule has 2 N–H and O–H groups in total. The van der Waals surface area contributed by atoms with Gasteiger partial charge < -0.3 is 14.9 Å². The highest BCUT2D eigenvalue weighted by molar-refractivity contribution is 14.1. The first-order chi connectivity index (χ1) is 7.25. The summed E-state index contributed by atoms with van der Waals surface area (Å²) in [4.78, 5) is 0. The van der Waals surface area contributed by atoms with Gasteiger partial charge in [-0.1, -0.05) is 0 Å². The van der Waals surface area contributed by atoms with Crippen molar-refractivity contribution in [3.8, 4) is 5.75 Å². The second kappa shape index (κ2) is 4.57. The number of benzene rings is 1. The van der Waals surface area contributed by atoms with Crippen LogP contribution in [0.25, 0.3) is 0 Å².